The second kappa shape index (κ2) is 10.1. The van der Waals surface area contributed by atoms with Crippen LogP contribution >= 0.6 is 11.6 Å². The van der Waals surface area contributed by atoms with E-state index in [0.717, 1.165) is 22.4 Å². The van der Waals surface area contributed by atoms with Crippen LogP contribution in [0, 0.1) is 0 Å². The fourth-order valence-electron chi connectivity index (χ4n) is 4.77. The Balaban J connectivity index is 1.68. The number of alkyl halides is 2. The lowest BCUT2D eigenvalue weighted by molar-refractivity contribution is -0.147. The molecule has 0 amide bonds. The molecule has 3 nitrogen and oxygen atoms in total. The topological polar surface area (TPSA) is 29.5 Å². The number of rotatable bonds is 9. The number of hydrogen-bond donors (Lipinski definition) is 0. The molecule has 0 radical (unpaired) electrons. The summed E-state index contributed by atoms with van der Waals surface area (Å²) in [7, 11) is 0. The molecule has 3 aromatic carbocycles. The maximum atomic E-state index is 14.1. The van der Waals surface area contributed by atoms with Gasteiger partial charge in [-0.2, -0.15) is 0 Å². The smallest absolute Gasteiger partial charge is 0.302 e. The molecule has 178 valence electrons. The van der Waals surface area contributed by atoms with Gasteiger partial charge in [0.05, 0.1) is 17.3 Å². The monoisotopic (exact) mass is 483 g/mol. The zero-order chi connectivity index (χ0) is 24.2. The van der Waals surface area contributed by atoms with Gasteiger partial charge in [0, 0.05) is 38.3 Å². The number of carbonyl (C=O) groups is 1. The molecule has 0 N–H and O–H groups in total. The number of anilines is 1. The van der Waals surface area contributed by atoms with Gasteiger partial charge in [0.25, 0.3) is 0 Å². The molecule has 0 aliphatic heterocycles. The lowest BCUT2D eigenvalue weighted by atomic mass is 9.60. The Labute approximate surface area is 204 Å². The maximum absolute atomic E-state index is 14.1. The minimum Gasteiger partial charge on any atom is -0.466 e. The van der Waals surface area contributed by atoms with E-state index in [1.807, 2.05) is 48.5 Å². The Bertz CT molecular complexity index is 1070. The molecular formula is C28H28ClF2NO2. The zero-order valence-corrected chi connectivity index (χ0v) is 19.9. The predicted octanol–water partition coefficient (Wildman–Crippen LogP) is 7.17. The lowest BCUT2D eigenvalue weighted by Crippen LogP contribution is -2.50. The molecule has 0 heterocycles. The Kier molecular flexibility index (Phi) is 7.22. The van der Waals surface area contributed by atoms with E-state index in [2.05, 4.69) is 29.2 Å². The van der Waals surface area contributed by atoms with E-state index in [4.69, 9.17) is 16.3 Å². The van der Waals surface area contributed by atoms with E-state index in [0.29, 0.717) is 24.5 Å². The first kappa shape index (κ1) is 24.2. The molecule has 1 saturated carbocycles. The highest BCUT2D eigenvalue weighted by molar-refractivity contribution is 6.33. The second-order valence-electron chi connectivity index (χ2n) is 9.07. The Morgan fingerprint density at radius 2 is 1.50 bits per heavy atom. The van der Waals surface area contributed by atoms with E-state index in [1.54, 1.807) is 6.07 Å². The van der Waals surface area contributed by atoms with Crippen molar-refractivity contribution in [1.82, 2.24) is 0 Å². The fraction of sp³-hybridized carbons (Fsp3) is 0.321. The van der Waals surface area contributed by atoms with Crippen LogP contribution in [0.1, 0.15) is 42.9 Å². The van der Waals surface area contributed by atoms with Crippen molar-refractivity contribution in [3.05, 3.63) is 101 Å². The molecule has 0 unspecified atom stereocenters. The lowest BCUT2D eigenvalue weighted by Gasteiger charge is -2.48. The van der Waals surface area contributed by atoms with Gasteiger partial charge in [0.2, 0.25) is 5.92 Å². The highest BCUT2D eigenvalue weighted by Crippen LogP contribution is 2.56. The first-order valence-corrected chi connectivity index (χ1v) is 11.8. The molecule has 0 bridgehead atoms. The van der Waals surface area contributed by atoms with Crippen molar-refractivity contribution in [1.29, 1.82) is 0 Å². The van der Waals surface area contributed by atoms with Crippen molar-refractivity contribution in [2.45, 2.75) is 50.6 Å². The standard InChI is InChI=1S/C28H28ClF2NO2/c1-21(33)34-15-14-27(19-28(30,31)20-27)24-12-13-25(29)26(16-24)32(17-22-8-4-2-5-9-22)18-23-10-6-3-7-11-23/h2-13,16H,14-15,17-20H2,1H3. The summed E-state index contributed by atoms with van der Waals surface area (Å²) in [5.41, 5.74) is 3.10. The van der Waals surface area contributed by atoms with Gasteiger partial charge in [-0.15, -0.1) is 0 Å². The van der Waals surface area contributed by atoms with Crippen LogP contribution in [0.5, 0.6) is 0 Å². The quantitative estimate of drug-likeness (QED) is 0.302. The molecule has 1 fully saturated rings. The van der Waals surface area contributed by atoms with Crippen molar-refractivity contribution in [2.24, 2.45) is 0 Å². The third kappa shape index (κ3) is 5.76. The van der Waals surface area contributed by atoms with Crippen LogP contribution in [0.25, 0.3) is 0 Å². The second-order valence-corrected chi connectivity index (χ2v) is 9.48. The number of carbonyl (C=O) groups excluding carboxylic acids is 1. The third-order valence-electron chi connectivity index (χ3n) is 6.41. The number of hydrogen-bond acceptors (Lipinski definition) is 3. The Morgan fingerprint density at radius 3 is 2.00 bits per heavy atom. The molecule has 1 aliphatic rings. The van der Waals surface area contributed by atoms with Crippen LogP contribution in [0.15, 0.2) is 78.9 Å². The maximum Gasteiger partial charge on any atom is 0.302 e. The summed E-state index contributed by atoms with van der Waals surface area (Å²) in [6.07, 6.45) is -0.181. The van der Waals surface area contributed by atoms with E-state index in [1.165, 1.54) is 6.92 Å². The summed E-state index contributed by atoms with van der Waals surface area (Å²) < 4.78 is 33.2. The predicted molar refractivity (Wildman–Crippen MR) is 131 cm³/mol. The van der Waals surface area contributed by atoms with Crippen molar-refractivity contribution < 1.29 is 18.3 Å². The van der Waals surface area contributed by atoms with E-state index in [-0.39, 0.29) is 19.4 Å². The van der Waals surface area contributed by atoms with Gasteiger partial charge >= 0.3 is 5.97 Å². The average Bonchev–Trinajstić information content (AvgIpc) is 2.79. The van der Waals surface area contributed by atoms with Gasteiger partial charge in [-0.1, -0.05) is 78.3 Å². The van der Waals surface area contributed by atoms with Crippen LogP contribution in [0.4, 0.5) is 14.5 Å². The normalized spacial score (nSPS) is 15.9. The molecule has 3 aromatic rings. The van der Waals surface area contributed by atoms with Gasteiger partial charge in [0.15, 0.2) is 0 Å². The van der Waals surface area contributed by atoms with Crippen LogP contribution in [0.3, 0.4) is 0 Å². The molecule has 0 spiro atoms. The molecule has 0 saturated heterocycles. The van der Waals surface area contributed by atoms with Gasteiger partial charge in [-0.25, -0.2) is 8.78 Å². The first-order chi connectivity index (χ1) is 16.3. The molecule has 4 rings (SSSR count). The van der Waals surface area contributed by atoms with Crippen molar-refractivity contribution in [3.8, 4) is 0 Å². The van der Waals surface area contributed by atoms with Gasteiger partial charge in [-0.3, -0.25) is 4.79 Å². The van der Waals surface area contributed by atoms with Gasteiger partial charge < -0.3 is 9.64 Å². The summed E-state index contributed by atoms with van der Waals surface area (Å²) in [6.45, 7) is 2.68. The number of halogens is 3. The molecule has 0 atom stereocenters. The number of nitrogens with zero attached hydrogens (tertiary/aromatic N) is 1. The van der Waals surface area contributed by atoms with Crippen molar-refractivity contribution >= 4 is 23.3 Å². The van der Waals surface area contributed by atoms with Gasteiger partial charge in [-0.05, 0) is 35.2 Å². The molecule has 1 aliphatic carbocycles. The number of esters is 1. The first-order valence-electron chi connectivity index (χ1n) is 11.4. The van der Waals surface area contributed by atoms with E-state index >= 15 is 0 Å². The minimum absolute atomic E-state index is 0.112. The average molecular weight is 484 g/mol. The summed E-state index contributed by atoms with van der Waals surface area (Å²) in [5.74, 6) is -3.13. The minimum atomic E-state index is -2.72. The largest absolute Gasteiger partial charge is 0.466 e. The van der Waals surface area contributed by atoms with E-state index < -0.39 is 17.3 Å². The summed E-state index contributed by atoms with van der Waals surface area (Å²) in [4.78, 5) is 13.4. The van der Waals surface area contributed by atoms with Crippen molar-refractivity contribution in [2.75, 3.05) is 11.5 Å². The molecule has 34 heavy (non-hydrogen) atoms. The Hall–Kier alpha value is -2.92. The molecule has 6 heteroatoms. The highest BCUT2D eigenvalue weighted by atomic mass is 35.5. The summed E-state index contributed by atoms with van der Waals surface area (Å²) in [5, 5.41) is 0.567. The fourth-order valence-corrected chi connectivity index (χ4v) is 5.01. The molecule has 0 aromatic heterocycles. The summed E-state index contributed by atoms with van der Waals surface area (Å²) in [6, 6.07) is 25.7. The van der Waals surface area contributed by atoms with Crippen LogP contribution in [0.2, 0.25) is 5.02 Å². The highest BCUT2D eigenvalue weighted by Gasteiger charge is 2.57. The van der Waals surface area contributed by atoms with E-state index in [9.17, 15) is 13.6 Å². The third-order valence-corrected chi connectivity index (χ3v) is 6.73. The molecular weight excluding hydrogens is 456 g/mol. The number of ether oxygens (including phenoxy) is 1. The number of benzene rings is 3. The zero-order valence-electron chi connectivity index (χ0n) is 19.1. The SMILES string of the molecule is CC(=O)OCCC1(c2ccc(Cl)c(N(Cc3ccccc3)Cc3ccccc3)c2)CC(F)(F)C1. The van der Waals surface area contributed by atoms with Crippen LogP contribution in [-0.4, -0.2) is 18.5 Å². The summed E-state index contributed by atoms with van der Waals surface area (Å²) >= 11 is 6.68. The van der Waals surface area contributed by atoms with Crippen molar-refractivity contribution in [3.63, 3.8) is 0 Å². The Morgan fingerprint density at radius 1 is 0.941 bits per heavy atom. The van der Waals surface area contributed by atoms with Crippen LogP contribution < -0.4 is 4.90 Å². The van der Waals surface area contributed by atoms with Gasteiger partial charge in [0.1, 0.15) is 0 Å². The van der Waals surface area contributed by atoms with Crippen LogP contribution in [-0.2, 0) is 28.0 Å².